The standard InChI is InChI=1S/C12H22O/c1-5-10(2)7-6-8-11(3)12(4)9-13/h7,9,11-12H,5-6,8H2,1-4H3. The minimum absolute atomic E-state index is 0.204. The van der Waals surface area contributed by atoms with Gasteiger partial charge in [0.1, 0.15) is 6.29 Å². The molecule has 1 nitrogen and oxygen atoms in total. The molecule has 0 N–H and O–H groups in total. The van der Waals surface area contributed by atoms with E-state index in [-0.39, 0.29) is 5.92 Å². The molecule has 0 radical (unpaired) electrons. The van der Waals surface area contributed by atoms with Gasteiger partial charge in [0, 0.05) is 5.92 Å². The largest absolute Gasteiger partial charge is 0.303 e. The van der Waals surface area contributed by atoms with Gasteiger partial charge in [0.25, 0.3) is 0 Å². The molecule has 0 aliphatic carbocycles. The van der Waals surface area contributed by atoms with Gasteiger partial charge in [-0.05, 0) is 32.1 Å². The number of hydrogen-bond donors (Lipinski definition) is 0. The molecule has 0 aliphatic heterocycles. The Labute approximate surface area is 82.2 Å². The summed E-state index contributed by atoms with van der Waals surface area (Å²) in [5.74, 6) is 0.716. The summed E-state index contributed by atoms with van der Waals surface area (Å²) >= 11 is 0. The molecule has 0 aliphatic rings. The van der Waals surface area contributed by atoms with Gasteiger partial charge in [0.2, 0.25) is 0 Å². The average molecular weight is 182 g/mol. The van der Waals surface area contributed by atoms with Crippen molar-refractivity contribution >= 4 is 6.29 Å². The van der Waals surface area contributed by atoms with Crippen molar-refractivity contribution < 1.29 is 4.79 Å². The van der Waals surface area contributed by atoms with Crippen LogP contribution in [0.3, 0.4) is 0 Å². The summed E-state index contributed by atoms with van der Waals surface area (Å²) < 4.78 is 0. The third kappa shape index (κ3) is 5.62. The molecular formula is C12H22O. The quantitative estimate of drug-likeness (QED) is 0.453. The predicted octanol–water partition coefficient (Wildman–Crippen LogP) is 3.59. The maximum Gasteiger partial charge on any atom is 0.123 e. The summed E-state index contributed by atoms with van der Waals surface area (Å²) in [7, 11) is 0. The van der Waals surface area contributed by atoms with E-state index in [2.05, 4.69) is 26.8 Å². The summed E-state index contributed by atoms with van der Waals surface area (Å²) in [4.78, 5) is 10.5. The van der Waals surface area contributed by atoms with Gasteiger partial charge >= 0.3 is 0 Å². The average Bonchev–Trinajstić information content (AvgIpc) is 2.15. The number of hydrogen-bond acceptors (Lipinski definition) is 1. The number of carbonyl (C=O) groups is 1. The van der Waals surface area contributed by atoms with Crippen LogP contribution in [0, 0.1) is 11.8 Å². The molecule has 0 amide bonds. The Morgan fingerprint density at radius 3 is 2.46 bits per heavy atom. The molecule has 0 bridgehead atoms. The lowest BCUT2D eigenvalue weighted by atomic mass is 9.92. The predicted molar refractivity (Wildman–Crippen MR) is 57.7 cm³/mol. The highest BCUT2D eigenvalue weighted by Gasteiger charge is 2.09. The van der Waals surface area contributed by atoms with Crippen molar-refractivity contribution in [2.75, 3.05) is 0 Å². The fourth-order valence-corrected chi connectivity index (χ4v) is 1.13. The number of rotatable bonds is 6. The van der Waals surface area contributed by atoms with Crippen molar-refractivity contribution in [1.29, 1.82) is 0 Å². The molecule has 2 unspecified atom stereocenters. The normalized spacial score (nSPS) is 16.8. The molecule has 76 valence electrons. The highest BCUT2D eigenvalue weighted by molar-refractivity contribution is 5.53. The first-order valence-electron chi connectivity index (χ1n) is 5.22. The fourth-order valence-electron chi connectivity index (χ4n) is 1.13. The van der Waals surface area contributed by atoms with E-state index in [0.29, 0.717) is 5.92 Å². The Balaban J connectivity index is 3.70. The Morgan fingerprint density at radius 1 is 1.38 bits per heavy atom. The molecule has 0 aromatic heterocycles. The molecule has 2 atom stereocenters. The lowest BCUT2D eigenvalue weighted by molar-refractivity contribution is -0.111. The van der Waals surface area contributed by atoms with E-state index in [1.54, 1.807) is 0 Å². The summed E-state index contributed by atoms with van der Waals surface area (Å²) in [5.41, 5.74) is 1.45. The van der Waals surface area contributed by atoms with Crippen LogP contribution in [0.2, 0.25) is 0 Å². The monoisotopic (exact) mass is 182 g/mol. The van der Waals surface area contributed by atoms with Gasteiger partial charge in [-0.2, -0.15) is 0 Å². The van der Waals surface area contributed by atoms with Crippen LogP contribution in [-0.4, -0.2) is 6.29 Å². The van der Waals surface area contributed by atoms with Crippen molar-refractivity contribution in [3.63, 3.8) is 0 Å². The third-order valence-corrected chi connectivity index (χ3v) is 2.78. The molecular weight excluding hydrogens is 160 g/mol. The molecule has 0 rings (SSSR count). The highest BCUT2D eigenvalue weighted by Crippen LogP contribution is 2.16. The van der Waals surface area contributed by atoms with Crippen LogP contribution >= 0.6 is 0 Å². The van der Waals surface area contributed by atoms with E-state index in [9.17, 15) is 4.79 Å². The molecule has 0 saturated carbocycles. The second kappa shape index (κ2) is 6.88. The molecule has 0 aromatic carbocycles. The summed E-state index contributed by atoms with van der Waals surface area (Å²) in [6.07, 6.45) is 6.71. The Morgan fingerprint density at radius 2 is 2.00 bits per heavy atom. The first kappa shape index (κ1) is 12.4. The molecule has 0 saturated heterocycles. The van der Waals surface area contributed by atoms with Gasteiger partial charge in [-0.3, -0.25) is 0 Å². The van der Waals surface area contributed by atoms with E-state index < -0.39 is 0 Å². The minimum atomic E-state index is 0.204. The van der Waals surface area contributed by atoms with Crippen LogP contribution in [0.15, 0.2) is 11.6 Å². The van der Waals surface area contributed by atoms with Crippen LogP contribution in [0.5, 0.6) is 0 Å². The van der Waals surface area contributed by atoms with Crippen LogP contribution in [-0.2, 0) is 4.79 Å². The van der Waals surface area contributed by atoms with E-state index in [0.717, 1.165) is 25.5 Å². The molecule has 0 aromatic rings. The van der Waals surface area contributed by atoms with Gasteiger partial charge in [0.05, 0.1) is 0 Å². The minimum Gasteiger partial charge on any atom is -0.303 e. The van der Waals surface area contributed by atoms with E-state index in [1.165, 1.54) is 5.57 Å². The van der Waals surface area contributed by atoms with Gasteiger partial charge in [-0.1, -0.05) is 32.4 Å². The summed E-state index contributed by atoms with van der Waals surface area (Å²) in [6.45, 7) is 8.47. The van der Waals surface area contributed by atoms with E-state index in [4.69, 9.17) is 0 Å². The highest BCUT2D eigenvalue weighted by atomic mass is 16.1. The lowest BCUT2D eigenvalue weighted by Crippen LogP contribution is -2.08. The van der Waals surface area contributed by atoms with Crippen molar-refractivity contribution in [1.82, 2.24) is 0 Å². The molecule has 0 spiro atoms. The topological polar surface area (TPSA) is 17.1 Å². The zero-order chi connectivity index (χ0) is 10.3. The maximum atomic E-state index is 10.5. The van der Waals surface area contributed by atoms with Crippen molar-refractivity contribution in [2.45, 2.75) is 47.0 Å². The van der Waals surface area contributed by atoms with Crippen LogP contribution in [0.25, 0.3) is 0 Å². The molecule has 1 heteroatoms. The number of carbonyl (C=O) groups excluding carboxylic acids is 1. The Kier molecular flexibility index (Phi) is 6.56. The van der Waals surface area contributed by atoms with Crippen LogP contribution in [0.4, 0.5) is 0 Å². The maximum absolute atomic E-state index is 10.5. The molecule has 0 heterocycles. The number of allylic oxidation sites excluding steroid dienone is 2. The third-order valence-electron chi connectivity index (χ3n) is 2.78. The van der Waals surface area contributed by atoms with Crippen LogP contribution in [0.1, 0.15) is 47.0 Å². The van der Waals surface area contributed by atoms with Crippen LogP contribution < -0.4 is 0 Å². The molecule has 0 fully saturated rings. The van der Waals surface area contributed by atoms with Crippen molar-refractivity contribution in [3.05, 3.63) is 11.6 Å². The van der Waals surface area contributed by atoms with E-state index in [1.807, 2.05) is 6.92 Å². The van der Waals surface area contributed by atoms with Gasteiger partial charge in [-0.25, -0.2) is 0 Å². The van der Waals surface area contributed by atoms with Gasteiger partial charge < -0.3 is 4.79 Å². The first-order valence-corrected chi connectivity index (χ1v) is 5.22. The zero-order valence-corrected chi connectivity index (χ0v) is 9.34. The first-order chi connectivity index (χ1) is 6.11. The SMILES string of the molecule is CCC(C)=CCCC(C)C(C)C=O. The zero-order valence-electron chi connectivity index (χ0n) is 9.34. The number of aldehydes is 1. The second-order valence-electron chi connectivity index (χ2n) is 3.95. The Bertz CT molecular complexity index is 170. The fraction of sp³-hybridized carbons (Fsp3) is 0.750. The Hall–Kier alpha value is -0.590. The van der Waals surface area contributed by atoms with Crippen molar-refractivity contribution in [2.24, 2.45) is 11.8 Å². The molecule has 13 heavy (non-hydrogen) atoms. The van der Waals surface area contributed by atoms with E-state index >= 15 is 0 Å². The summed E-state index contributed by atoms with van der Waals surface area (Å²) in [6, 6.07) is 0. The lowest BCUT2D eigenvalue weighted by Gasteiger charge is -2.12. The smallest absolute Gasteiger partial charge is 0.123 e. The summed E-state index contributed by atoms with van der Waals surface area (Å²) in [5, 5.41) is 0. The second-order valence-corrected chi connectivity index (χ2v) is 3.95. The van der Waals surface area contributed by atoms with Crippen molar-refractivity contribution in [3.8, 4) is 0 Å². The van der Waals surface area contributed by atoms with Gasteiger partial charge in [-0.15, -0.1) is 0 Å². The van der Waals surface area contributed by atoms with Gasteiger partial charge in [0.15, 0.2) is 0 Å².